The van der Waals surface area contributed by atoms with Gasteiger partial charge in [0.25, 0.3) is 5.91 Å². The third-order valence-corrected chi connectivity index (χ3v) is 5.82. The number of carbonyl (C=O) groups excluding carboxylic acids is 2. The van der Waals surface area contributed by atoms with Gasteiger partial charge in [-0.05, 0) is 30.2 Å². The van der Waals surface area contributed by atoms with Crippen molar-refractivity contribution in [1.29, 1.82) is 0 Å². The van der Waals surface area contributed by atoms with E-state index in [9.17, 15) is 14.0 Å². The lowest BCUT2D eigenvalue weighted by atomic mass is 10.0. The van der Waals surface area contributed by atoms with Crippen LogP contribution in [0.2, 0.25) is 0 Å². The summed E-state index contributed by atoms with van der Waals surface area (Å²) in [4.78, 5) is 28.3. The zero-order valence-corrected chi connectivity index (χ0v) is 20.8. The molecule has 0 aliphatic carbocycles. The molecule has 0 saturated carbocycles. The summed E-state index contributed by atoms with van der Waals surface area (Å²) in [5.74, 6) is -0.258. The minimum Gasteiger partial charge on any atom is -0.493 e. The summed E-state index contributed by atoms with van der Waals surface area (Å²) >= 11 is 0. The molecule has 0 aliphatic heterocycles. The molecule has 0 aromatic heterocycles. The van der Waals surface area contributed by atoms with E-state index in [4.69, 9.17) is 9.47 Å². The first-order valence-electron chi connectivity index (χ1n) is 12.1. The van der Waals surface area contributed by atoms with Gasteiger partial charge < -0.3 is 19.7 Å². The smallest absolute Gasteiger partial charge is 0.261 e. The normalized spacial score (nSPS) is 11.4. The van der Waals surface area contributed by atoms with Crippen LogP contribution in [0.3, 0.4) is 0 Å². The second kappa shape index (κ2) is 13.9. The molecular formula is C29H33FN2O4. The third-order valence-electron chi connectivity index (χ3n) is 5.82. The maximum Gasteiger partial charge on any atom is 0.261 e. The Bertz CT molecular complexity index is 1120. The Morgan fingerprint density at radius 1 is 0.944 bits per heavy atom. The second-order valence-electron chi connectivity index (χ2n) is 8.40. The summed E-state index contributed by atoms with van der Waals surface area (Å²) in [6, 6.07) is 21.9. The van der Waals surface area contributed by atoms with Gasteiger partial charge in [0.1, 0.15) is 11.9 Å². The van der Waals surface area contributed by atoms with Gasteiger partial charge in [-0.25, -0.2) is 4.39 Å². The number of para-hydroxylation sites is 2. The first-order chi connectivity index (χ1) is 17.5. The van der Waals surface area contributed by atoms with Gasteiger partial charge in [-0.3, -0.25) is 9.59 Å². The van der Waals surface area contributed by atoms with E-state index < -0.39 is 17.8 Å². The highest BCUT2D eigenvalue weighted by molar-refractivity contribution is 5.88. The summed E-state index contributed by atoms with van der Waals surface area (Å²) < 4.78 is 25.7. The number of hydrogen-bond acceptors (Lipinski definition) is 4. The molecule has 7 heteroatoms. The third kappa shape index (κ3) is 7.57. The van der Waals surface area contributed by atoms with E-state index >= 15 is 0 Å². The Balaban J connectivity index is 1.91. The van der Waals surface area contributed by atoms with Gasteiger partial charge in [0, 0.05) is 25.1 Å². The fourth-order valence-corrected chi connectivity index (χ4v) is 3.83. The van der Waals surface area contributed by atoms with E-state index in [0.29, 0.717) is 23.6 Å². The number of amides is 2. The molecule has 6 nitrogen and oxygen atoms in total. The SMILES string of the molecule is CCCCNC(=O)[C@H](Cc1ccccc1)N(Cc1ccccc1F)C(=O)COc1ccccc1OC. The summed E-state index contributed by atoms with van der Waals surface area (Å²) in [5.41, 5.74) is 1.22. The zero-order valence-electron chi connectivity index (χ0n) is 20.8. The molecule has 1 atom stereocenters. The minimum absolute atomic E-state index is 0.0700. The van der Waals surface area contributed by atoms with Crippen molar-refractivity contribution < 1.29 is 23.5 Å². The molecule has 3 aromatic rings. The highest BCUT2D eigenvalue weighted by atomic mass is 19.1. The first-order valence-corrected chi connectivity index (χ1v) is 12.1. The number of ether oxygens (including phenoxy) is 2. The standard InChI is InChI=1S/C29H33FN2O4/c1-3-4-18-31-29(34)25(19-22-12-6-5-7-13-22)32(20-23-14-8-9-15-24(23)30)28(33)21-36-27-17-11-10-16-26(27)35-2/h5-17,25H,3-4,18-21H2,1-2H3,(H,31,34)/t25-/m0/s1. The second-order valence-corrected chi connectivity index (χ2v) is 8.40. The highest BCUT2D eigenvalue weighted by Gasteiger charge is 2.31. The van der Waals surface area contributed by atoms with Crippen molar-refractivity contribution in [3.63, 3.8) is 0 Å². The maximum absolute atomic E-state index is 14.6. The van der Waals surface area contributed by atoms with Gasteiger partial charge in [0.05, 0.1) is 7.11 Å². The quantitative estimate of drug-likeness (QED) is 0.349. The number of hydrogen-bond donors (Lipinski definition) is 1. The lowest BCUT2D eigenvalue weighted by Crippen LogP contribution is -2.52. The number of benzene rings is 3. The molecule has 36 heavy (non-hydrogen) atoms. The predicted octanol–water partition coefficient (Wildman–Crippen LogP) is 4.77. The summed E-state index contributed by atoms with van der Waals surface area (Å²) in [7, 11) is 1.52. The minimum atomic E-state index is -0.849. The maximum atomic E-state index is 14.6. The first kappa shape index (κ1) is 26.7. The summed E-state index contributed by atoms with van der Waals surface area (Å²) in [5, 5.41) is 2.94. The molecule has 3 rings (SSSR count). The van der Waals surface area contributed by atoms with Crippen molar-refractivity contribution in [2.24, 2.45) is 0 Å². The van der Waals surface area contributed by atoms with E-state index in [-0.39, 0.29) is 25.5 Å². The Morgan fingerprint density at radius 3 is 2.31 bits per heavy atom. The molecule has 0 saturated heterocycles. The number of methoxy groups -OCH3 is 1. The molecule has 0 radical (unpaired) electrons. The van der Waals surface area contributed by atoms with Crippen molar-refractivity contribution in [3.8, 4) is 11.5 Å². The van der Waals surface area contributed by atoms with Crippen molar-refractivity contribution >= 4 is 11.8 Å². The summed E-state index contributed by atoms with van der Waals surface area (Å²) in [6.07, 6.45) is 2.03. The van der Waals surface area contributed by atoms with Crippen LogP contribution < -0.4 is 14.8 Å². The molecule has 0 aliphatic rings. The largest absolute Gasteiger partial charge is 0.493 e. The van der Waals surface area contributed by atoms with Gasteiger partial charge >= 0.3 is 0 Å². The zero-order chi connectivity index (χ0) is 25.8. The van der Waals surface area contributed by atoms with Gasteiger partial charge in [0.2, 0.25) is 5.91 Å². The Kier molecular flexibility index (Phi) is 10.3. The number of unbranched alkanes of at least 4 members (excludes halogenated alkanes) is 1. The molecule has 1 N–H and O–H groups in total. The Morgan fingerprint density at radius 2 is 1.61 bits per heavy atom. The van der Waals surface area contributed by atoms with Crippen molar-refractivity contribution in [2.45, 2.75) is 38.8 Å². The summed E-state index contributed by atoms with van der Waals surface area (Å²) in [6.45, 7) is 2.14. The van der Waals surface area contributed by atoms with Crippen LogP contribution in [-0.2, 0) is 22.6 Å². The molecule has 0 spiro atoms. The van der Waals surface area contributed by atoms with Crippen LogP contribution in [-0.4, -0.2) is 43.0 Å². The number of nitrogens with zero attached hydrogens (tertiary/aromatic N) is 1. The van der Waals surface area contributed by atoms with Crippen molar-refractivity contribution in [3.05, 3.63) is 95.8 Å². The van der Waals surface area contributed by atoms with Crippen LogP contribution in [0.15, 0.2) is 78.9 Å². The lowest BCUT2D eigenvalue weighted by Gasteiger charge is -2.31. The molecule has 0 heterocycles. The van der Waals surface area contributed by atoms with Gasteiger partial charge in [0.15, 0.2) is 18.1 Å². The number of carbonyl (C=O) groups is 2. The van der Waals surface area contributed by atoms with Crippen LogP contribution >= 0.6 is 0 Å². The molecule has 3 aromatic carbocycles. The van der Waals surface area contributed by atoms with Crippen LogP contribution in [0, 0.1) is 5.82 Å². The average molecular weight is 493 g/mol. The molecular weight excluding hydrogens is 459 g/mol. The Labute approximate surface area is 212 Å². The Hall–Kier alpha value is -3.87. The number of rotatable bonds is 13. The van der Waals surface area contributed by atoms with E-state index in [1.54, 1.807) is 42.5 Å². The van der Waals surface area contributed by atoms with E-state index in [0.717, 1.165) is 18.4 Å². The number of nitrogens with one attached hydrogen (secondary N) is 1. The van der Waals surface area contributed by atoms with E-state index in [1.807, 2.05) is 37.3 Å². The molecule has 190 valence electrons. The lowest BCUT2D eigenvalue weighted by molar-refractivity contribution is -0.142. The fourth-order valence-electron chi connectivity index (χ4n) is 3.83. The van der Waals surface area contributed by atoms with Crippen LogP contribution in [0.4, 0.5) is 4.39 Å². The monoisotopic (exact) mass is 492 g/mol. The number of halogens is 1. The van der Waals surface area contributed by atoms with Gasteiger partial charge in [-0.15, -0.1) is 0 Å². The predicted molar refractivity (Wildman–Crippen MR) is 137 cm³/mol. The highest BCUT2D eigenvalue weighted by Crippen LogP contribution is 2.26. The fraction of sp³-hybridized carbons (Fsp3) is 0.310. The average Bonchev–Trinajstić information content (AvgIpc) is 2.91. The molecule has 2 amide bonds. The van der Waals surface area contributed by atoms with Crippen LogP contribution in [0.1, 0.15) is 30.9 Å². The van der Waals surface area contributed by atoms with Gasteiger partial charge in [-0.1, -0.05) is 74.0 Å². The van der Waals surface area contributed by atoms with Crippen molar-refractivity contribution in [1.82, 2.24) is 10.2 Å². The van der Waals surface area contributed by atoms with E-state index in [1.165, 1.54) is 18.1 Å². The molecule has 0 fully saturated rings. The van der Waals surface area contributed by atoms with Crippen molar-refractivity contribution in [2.75, 3.05) is 20.3 Å². The van der Waals surface area contributed by atoms with Crippen LogP contribution in [0.5, 0.6) is 11.5 Å². The van der Waals surface area contributed by atoms with Gasteiger partial charge in [-0.2, -0.15) is 0 Å². The molecule has 0 bridgehead atoms. The van der Waals surface area contributed by atoms with Crippen LogP contribution in [0.25, 0.3) is 0 Å². The van der Waals surface area contributed by atoms with E-state index in [2.05, 4.69) is 5.32 Å². The topological polar surface area (TPSA) is 67.9 Å². The molecule has 0 unspecified atom stereocenters.